The molecule has 0 aliphatic heterocycles. The molecule has 1 heterocycles. The van der Waals surface area contributed by atoms with E-state index in [1.807, 2.05) is 0 Å². The summed E-state index contributed by atoms with van der Waals surface area (Å²) in [7, 11) is 0. The van der Waals surface area contributed by atoms with E-state index >= 15 is 0 Å². The van der Waals surface area contributed by atoms with Gasteiger partial charge in [0.25, 0.3) is 0 Å². The Balaban J connectivity index is 0.000000181. The average Bonchev–Trinajstić information content (AvgIpc) is 2.40. The molecule has 94 valence electrons. The first-order valence-electron chi connectivity index (χ1n) is 6.07. The Labute approximate surface area is 102 Å². The summed E-state index contributed by atoms with van der Waals surface area (Å²) in [6.45, 7) is 0.797. The molecule has 1 aliphatic carbocycles. The maximum atomic E-state index is 10.3. The highest BCUT2D eigenvalue weighted by atomic mass is 16.1. The monoisotopic (exact) mass is 235 g/mol. The first-order chi connectivity index (χ1) is 8.26. The second-order valence-electron chi connectivity index (χ2n) is 4.43. The third-order valence-electron chi connectivity index (χ3n) is 3.12. The van der Waals surface area contributed by atoms with Gasteiger partial charge in [-0.05, 0) is 50.3 Å². The van der Waals surface area contributed by atoms with Crippen molar-refractivity contribution in [1.29, 1.82) is 0 Å². The molecule has 1 aliphatic rings. The average molecular weight is 235 g/mol. The summed E-state index contributed by atoms with van der Waals surface area (Å²) in [5.74, 6) is 1.03. The number of nitrogens with zero attached hydrogens (tertiary/aromatic N) is 1. The number of hydrogen-bond acceptors (Lipinski definition) is 4. The fourth-order valence-corrected chi connectivity index (χ4v) is 1.92. The predicted molar refractivity (Wildman–Crippen MR) is 69.2 cm³/mol. The molecule has 1 aromatic heterocycles. The number of pyridine rings is 1. The van der Waals surface area contributed by atoms with Gasteiger partial charge in [0.05, 0.1) is 0 Å². The normalized spacial score (nSPS) is 23.4. The number of carbonyl (C=O) groups excluding carboxylic acids is 1. The molecule has 2 rings (SSSR count). The number of hydrogen-bond donors (Lipinski definition) is 2. The van der Waals surface area contributed by atoms with E-state index in [1.165, 1.54) is 0 Å². The van der Waals surface area contributed by atoms with Crippen molar-refractivity contribution in [2.75, 3.05) is 12.3 Å². The van der Waals surface area contributed by atoms with Crippen LogP contribution in [0.15, 0.2) is 24.5 Å². The van der Waals surface area contributed by atoms with Crippen molar-refractivity contribution >= 4 is 12.0 Å². The molecular weight excluding hydrogens is 214 g/mol. The lowest BCUT2D eigenvalue weighted by Gasteiger charge is -2.23. The Hall–Kier alpha value is -1.42. The van der Waals surface area contributed by atoms with Gasteiger partial charge in [-0.2, -0.15) is 0 Å². The lowest BCUT2D eigenvalue weighted by molar-refractivity contribution is -0.112. The van der Waals surface area contributed by atoms with Gasteiger partial charge in [0.2, 0.25) is 0 Å². The molecule has 0 saturated heterocycles. The third-order valence-corrected chi connectivity index (χ3v) is 3.12. The zero-order chi connectivity index (χ0) is 12.5. The second-order valence-corrected chi connectivity index (χ2v) is 4.43. The van der Waals surface area contributed by atoms with Gasteiger partial charge >= 0.3 is 0 Å². The summed E-state index contributed by atoms with van der Waals surface area (Å²) >= 11 is 0. The van der Waals surface area contributed by atoms with E-state index in [-0.39, 0.29) is 0 Å². The van der Waals surface area contributed by atoms with Gasteiger partial charge in [-0.3, -0.25) is 4.98 Å². The first kappa shape index (κ1) is 13.6. The van der Waals surface area contributed by atoms with Crippen molar-refractivity contribution in [3.8, 4) is 0 Å². The minimum absolute atomic E-state index is 0.336. The number of aromatic nitrogens is 1. The number of anilines is 1. The molecule has 0 unspecified atom stereocenters. The molecule has 17 heavy (non-hydrogen) atoms. The largest absolute Gasteiger partial charge is 0.399 e. The highest BCUT2D eigenvalue weighted by Crippen LogP contribution is 2.26. The summed E-state index contributed by atoms with van der Waals surface area (Å²) < 4.78 is 0. The summed E-state index contributed by atoms with van der Waals surface area (Å²) in [6, 6.07) is 3.50. The second kappa shape index (κ2) is 7.79. The van der Waals surface area contributed by atoms with Crippen molar-refractivity contribution in [2.45, 2.75) is 25.7 Å². The smallest absolute Gasteiger partial charge is 0.123 e. The van der Waals surface area contributed by atoms with E-state index in [0.29, 0.717) is 11.8 Å². The molecular formula is C13H21N3O. The highest BCUT2D eigenvalue weighted by molar-refractivity contribution is 5.53. The van der Waals surface area contributed by atoms with Crippen LogP contribution in [0.2, 0.25) is 0 Å². The quantitative estimate of drug-likeness (QED) is 0.763. The summed E-state index contributed by atoms with van der Waals surface area (Å²) in [4.78, 5) is 14.1. The molecule has 0 amide bonds. The predicted octanol–water partition coefficient (Wildman–Crippen LogP) is 1.61. The zero-order valence-electron chi connectivity index (χ0n) is 10.1. The highest BCUT2D eigenvalue weighted by Gasteiger charge is 2.18. The van der Waals surface area contributed by atoms with Crippen LogP contribution in [0, 0.1) is 11.8 Å². The van der Waals surface area contributed by atoms with Gasteiger partial charge in [0, 0.05) is 24.0 Å². The van der Waals surface area contributed by atoms with Crippen LogP contribution in [0.3, 0.4) is 0 Å². The minimum atomic E-state index is 0.336. The molecule has 0 radical (unpaired) electrons. The van der Waals surface area contributed by atoms with Crippen LogP contribution >= 0.6 is 0 Å². The lowest BCUT2D eigenvalue weighted by atomic mass is 9.83. The van der Waals surface area contributed by atoms with Gasteiger partial charge in [-0.1, -0.05) is 0 Å². The number of rotatable bonds is 2. The number of nitrogens with two attached hydrogens (primary N) is 2. The number of nitrogen functional groups attached to an aromatic ring is 1. The van der Waals surface area contributed by atoms with E-state index in [9.17, 15) is 4.79 Å². The van der Waals surface area contributed by atoms with Crippen molar-refractivity contribution < 1.29 is 4.79 Å². The maximum absolute atomic E-state index is 10.3. The molecule has 0 atom stereocenters. The topological polar surface area (TPSA) is 82.0 Å². The minimum Gasteiger partial charge on any atom is -0.399 e. The fraction of sp³-hybridized carbons (Fsp3) is 0.538. The van der Waals surface area contributed by atoms with Crippen molar-refractivity contribution in [2.24, 2.45) is 17.6 Å². The third kappa shape index (κ3) is 5.45. The van der Waals surface area contributed by atoms with Gasteiger partial charge in [0.15, 0.2) is 0 Å². The molecule has 4 nitrogen and oxygen atoms in total. The van der Waals surface area contributed by atoms with Crippen molar-refractivity contribution in [3.63, 3.8) is 0 Å². The van der Waals surface area contributed by atoms with E-state index in [0.717, 1.165) is 44.2 Å². The zero-order valence-corrected chi connectivity index (χ0v) is 10.1. The fourth-order valence-electron chi connectivity index (χ4n) is 1.92. The van der Waals surface area contributed by atoms with E-state index in [1.54, 1.807) is 24.5 Å². The molecule has 1 saturated carbocycles. The number of carbonyl (C=O) groups is 1. The molecule has 0 bridgehead atoms. The van der Waals surface area contributed by atoms with Gasteiger partial charge in [-0.25, -0.2) is 0 Å². The summed E-state index contributed by atoms with van der Waals surface area (Å²) in [5, 5.41) is 0. The Morgan fingerprint density at radius 2 is 1.82 bits per heavy atom. The van der Waals surface area contributed by atoms with Crippen LogP contribution < -0.4 is 11.5 Å². The summed E-state index contributed by atoms with van der Waals surface area (Å²) in [6.07, 6.45) is 8.84. The van der Waals surface area contributed by atoms with Crippen LogP contribution in [0.25, 0.3) is 0 Å². The molecule has 4 N–H and O–H groups in total. The van der Waals surface area contributed by atoms with E-state index in [4.69, 9.17) is 11.5 Å². The Morgan fingerprint density at radius 3 is 2.18 bits per heavy atom. The lowest BCUT2D eigenvalue weighted by Crippen LogP contribution is -2.21. The van der Waals surface area contributed by atoms with Crippen LogP contribution in [-0.4, -0.2) is 17.8 Å². The molecule has 0 spiro atoms. The molecule has 0 aromatic carbocycles. The maximum Gasteiger partial charge on any atom is 0.123 e. The van der Waals surface area contributed by atoms with Crippen molar-refractivity contribution in [1.82, 2.24) is 4.98 Å². The van der Waals surface area contributed by atoms with Gasteiger partial charge in [-0.15, -0.1) is 0 Å². The van der Waals surface area contributed by atoms with Crippen LogP contribution in [0.1, 0.15) is 25.7 Å². The first-order valence-corrected chi connectivity index (χ1v) is 6.07. The van der Waals surface area contributed by atoms with Crippen LogP contribution in [-0.2, 0) is 4.79 Å². The van der Waals surface area contributed by atoms with Gasteiger partial charge in [0.1, 0.15) is 6.29 Å². The SMILES string of the molecule is NCC1CCC(C=O)CC1.Nc1ccncc1. The molecule has 4 heteroatoms. The van der Waals surface area contributed by atoms with Gasteiger partial charge < -0.3 is 16.3 Å². The van der Waals surface area contributed by atoms with Crippen LogP contribution in [0.5, 0.6) is 0 Å². The summed E-state index contributed by atoms with van der Waals surface area (Å²) in [5.41, 5.74) is 11.6. The number of aldehydes is 1. The Bertz CT molecular complexity index is 308. The van der Waals surface area contributed by atoms with Crippen LogP contribution in [0.4, 0.5) is 5.69 Å². The van der Waals surface area contributed by atoms with E-state index in [2.05, 4.69) is 4.98 Å². The molecule has 1 aromatic rings. The molecule has 1 fully saturated rings. The Morgan fingerprint density at radius 1 is 1.24 bits per heavy atom. The Kier molecular flexibility index (Phi) is 6.25. The standard InChI is InChI=1S/C8H15NO.C5H6N2/c9-5-7-1-3-8(6-10)4-2-7;6-5-1-3-7-4-2-5/h6-8H,1-5,9H2;1-4H,(H2,6,7). The van der Waals surface area contributed by atoms with Crippen molar-refractivity contribution in [3.05, 3.63) is 24.5 Å². The van der Waals surface area contributed by atoms with E-state index < -0.39 is 0 Å².